The number of hydrogen-bond donors (Lipinski definition) is 3. The first-order chi connectivity index (χ1) is 8.58. The molecule has 2 rings (SSSR count). The smallest absolute Gasteiger partial charge is 0.337 e. The number of rotatable bonds is 3. The number of nitrogens with one attached hydrogen (secondary N) is 2. The van der Waals surface area contributed by atoms with Crippen molar-refractivity contribution in [2.24, 2.45) is 0 Å². The summed E-state index contributed by atoms with van der Waals surface area (Å²) >= 11 is 7.42. The van der Waals surface area contributed by atoms with Gasteiger partial charge in [-0.15, -0.1) is 11.8 Å². The normalized spacial score (nSPS) is 18.6. The zero-order valence-corrected chi connectivity index (χ0v) is 10.8. The second-order valence-corrected chi connectivity index (χ2v) is 5.22. The molecule has 0 bridgehead atoms. The van der Waals surface area contributed by atoms with E-state index in [0.29, 0.717) is 10.8 Å². The van der Waals surface area contributed by atoms with Gasteiger partial charge in [0.15, 0.2) is 0 Å². The monoisotopic (exact) mass is 286 g/mol. The van der Waals surface area contributed by atoms with E-state index in [1.807, 2.05) is 0 Å². The van der Waals surface area contributed by atoms with Crippen LogP contribution in [-0.2, 0) is 4.79 Å². The second-order valence-electron chi connectivity index (χ2n) is 3.76. The van der Waals surface area contributed by atoms with Gasteiger partial charge < -0.3 is 10.4 Å². The zero-order chi connectivity index (χ0) is 13.1. The predicted molar refractivity (Wildman–Crippen MR) is 71.3 cm³/mol. The van der Waals surface area contributed by atoms with Gasteiger partial charge in [-0.25, -0.2) is 4.79 Å². The molecule has 1 aliphatic rings. The van der Waals surface area contributed by atoms with Crippen LogP contribution in [0.2, 0.25) is 5.02 Å². The van der Waals surface area contributed by atoms with Crippen LogP contribution >= 0.6 is 23.4 Å². The fourth-order valence-corrected chi connectivity index (χ4v) is 2.70. The molecule has 0 saturated carbocycles. The van der Waals surface area contributed by atoms with Crippen LogP contribution in [0.25, 0.3) is 0 Å². The fraction of sp³-hybridized carbons (Fsp3) is 0.273. The summed E-state index contributed by atoms with van der Waals surface area (Å²) in [6, 6.07) is 3.99. The summed E-state index contributed by atoms with van der Waals surface area (Å²) in [7, 11) is 0. The molecule has 96 valence electrons. The van der Waals surface area contributed by atoms with Gasteiger partial charge in [-0.3, -0.25) is 10.1 Å². The Labute approximate surface area is 113 Å². The lowest BCUT2D eigenvalue weighted by atomic mass is 10.1. The number of carbonyl (C=O) groups excluding carboxylic acids is 1. The van der Waals surface area contributed by atoms with E-state index >= 15 is 0 Å². The van der Waals surface area contributed by atoms with Gasteiger partial charge in [0, 0.05) is 16.7 Å². The van der Waals surface area contributed by atoms with E-state index in [1.165, 1.54) is 18.2 Å². The van der Waals surface area contributed by atoms with Gasteiger partial charge in [0.25, 0.3) is 0 Å². The zero-order valence-electron chi connectivity index (χ0n) is 9.27. The van der Waals surface area contributed by atoms with E-state index in [9.17, 15) is 9.59 Å². The fourth-order valence-electron chi connectivity index (χ4n) is 1.59. The second kappa shape index (κ2) is 5.60. The third-order valence-electron chi connectivity index (χ3n) is 2.50. The quantitative estimate of drug-likeness (QED) is 0.787. The maximum atomic E-state index is 11.9. The number of anilines is 1. The summed E-state index contributed by atoms with van der Waals surface area (Å²) in [4.78, 5) is 22.9. The molecule has 1 heterocycles. The van der Waals surface area contributed by atoms with Crippen molar-refractivity contribution < 1.29 is 14.7 Å². The molecule has 1 amide bonds. The average Bonchev–Trinajstić information content (AvgIpc) is 2.81. The summed E-state index contributed by atoms with van der Waals surface area (Å²) < 4.78 is 0. The van der Waals surface area contributed by atoms with Gasteiger partial charge in [0.2, 0.25) is 5.91 Å². The molecule has 0 aliphatic carbocycles. The Hall–Kier alpha value is -1.24. The Kier molecular flexibility index (Phi) is 4.11. The van der Waals surface area contributed by atoms with Crippen molar-refractivity contribution in [2.45, 2.75) is 6.04 Å². The maximum absolute atomic E-state index is 11.9. The number of amides is 1. The molecular formula is C11H11ClN2O3S. The number of thioether (sulfide) groups is 1. The molecule has 0 spiro atoms. The minimum absolute atomic E-state index is 0.0263. The molecule has 3 N–H and O–H groups in total. The molecular weight excluding hydrogens is 276 g/mol. The minimum Gasteiger partial charge on any atom is -0.478 e. The third kappa shape index (κ3) is 2.95. The number of benzene rings is 1. The number of carboxylic acids is 1. The molecule has 1 atom stereocenters. The summed E-state index contributed by atoms with van der Waals surface area (Å²) in [5, 5.41) is 15.0. The van der Waals surface area contributed by atoms with Crippen molar-refractivity contribution in [3.8, 4) is 0 Å². The van der Waals surface area contributed by atoms with Gasteiger partial charge in [-0.2, -0.15) is 0 Å². The van der Waals surface area contributed by atoms with Crippen LogP contribution in [0.4, 0.5) is 5.69 Å². The van der Waals surface area contributed by atoms with E-state index in [2.05, 4.69) is 10.6 Å². The minimum atomic E-state index is -1.10. The van der Waals surface area contributed by atoms with Crippen molar-refractivity contribution in [3.05, 3.63) is 28.8 Å². The highest BCUT2D eigenvalue weighted by atomic mass is 35.5. The van der Waals surface area contributed by atoms with E-state index in [4.69, 9.17) is 16.7 Å². The van der Waals surface area contributed by atoms with Gasteiger partial charge >= 0.3 is 5.97 Å². The van der Waals surface area contributed by atoms with E-state index in [0.717, 1.165) is 5.88 Å². The lowest BCUT2D eigenvalue weighted by Crippen LogP contribution is -2.37. The van der Waals surface area contributed by atoms with Crippen LogP contribution < -0.4 is 10.6 Å². The van der Waals surface area contributed by atoms with Crippen LogP contribution in [0.1, 0.15) is 10.4 Å². The summed E-state index contributed by atoms with van der Waals surface area (Å²) in [6.45, 7) is 0. The highest BCUT2D eigenvalue weighted by molar-refractivity contribution is 7.99. The molecule has 0 aromatic heterocycles. The van der Waals surface area contributed by atoms with Crippen molar-refractivity contribution >= 4 is 40.9 Å². The molecule has 18 heavy (non-hydrogen) atoms. The molecule has 1 unspecified atom stereocenters. The van der Waals surface area contributed by atoms with Gasteiger partial charge in [0.1, 0.15) is 0 Å². The Morgan fingerprint density at radius 3 is 2.89 bits per heavy atom. The molecule has 1 aromatic carbocycles. The molecule has 5 nitrogen and oxygen atoms in total. The number of carbonyl (C=O) groups is 2. The van der Waals surface area contributed by atoms with Crippen LogP contribution in [-0.4, -0.2) is 34.7 Å². The summed E-state index contributed by atoms with van der Waals surface area (Å²) in [5.74, 6) is 0.0503. The van der Waals surface area contributed by atoms with Crippen LogP contribution in [0.3, 0.4) is 0 Å². The highest BCUT2D eigenvalue weighted by Crippen LogP contribution is 2.22. The maximum Gasteiger partial charge on any atom is 0.337 e. The van der Waals surface area contributed by atoms with Crippen molar-refractivity contribution in [3.63, 3.8) is 0 Å². The van der Waals surface area contributed by atoms with Crippen molar-refractivity contribution in [1.29, 1.82) is 0 Å². The average molecular weight is 287 g/mol. The molecule has 0 radical (unpaired) electrons. The van der Waals surface area contributed by atoms with Crippen molar-refractivity contribution in [2.75, 3.05) is 16.9 Å². The Bertz CT molecular complexity index is 489. The first-order valence-corrected chi connectivity index (χ1v) is 6.76. The number of hydrogen-bond acceptors (Lipinski definition) is 4. The standard InChI is InChI=1S/C11H11ClN2O3S/c12-6-1-2-7(11(16)17)8(3-6)14-10(15)9-4-18-5-13-9/h1-3,9,13H,4-5H2,(H,14,15)(H,16,17). The molecule has 1 saturated heterocycles. The van der Waals surface area contributed by atoms with E-state index in [-0.39, 0.29) is 23.2 Å². The molecule has 1 aromatic rings. The molecule has 1 fully saturated rings. The lowest BCUT2D eigenvalue weighted by molar-refractivity contribution is -0.117. The lowest BCUT2D eigenvalue weighted by Gasteiger charge is -2.12. The first-order valence-electron chi connectivity index (χ1n) is 5.23. The Balaban J connectivity index is 2.19. The Morgan fingerprint density at radius 2 is 2.28 bits per heavy atom. The SMILES string of the molecule is O=C(O)c1ccc(Cl)cc1NC(=O)C1CSCN1. The van der Waals surface area contributed by atoms with Crippen LogP contribution in [0, 0.1) is 0 Å². The number of aromatic carboxylic acids is 1. The van der Waals surface area contributed by atoms with Gasteiger partial charge in [-0.1, -0.05) is 11.6 Å². The topological polar surface area (TPSA) is 78.4 Å². The molecule has 1 aliphatic heterocycles. The predicted octanol–water partition coefficient (Wildman–Crippen LogP) is 1.64. The van der Waals surface area contributed by atoms with E-state index in [1.54, 1.807) is 11.8 Å². The number of carboxylic acid groups (broad SMARTS) is 1. The largest absolute Gasteiger partial charge is 0.478 e. The number of halogens is 1. The van der Waals surface area contributed by atoms with E-state index < -0.39 is 5.97 Å². The molecule has 7 heteroatoms. The first kappa shape index (κ1) is 13.2. The van der Waals surface area contributed by atoms with Gasteiger partial charge in [0.05, 0.1) is 17.3 Å². The highest BCUT2D eigenvalue weighted by Gasteiger charge is 2.23. The third-order valence-corrected chi connectivity index (χ3v) is 3.68. The van der Waals surface area contributed by atoms with Crippen LogP contribution in [0.5, 0.6) is 0 Å². The van der Waals surface area contributed by atoms with Crippen LogP contribution in [0.15, 0.2) is 18.2 Å². The summed E-state index contributed by atoms with van der Waals surface area (Å²) in [5.41, 5.74) is 0.247. The van der Waals surface area contributed by atoms with Gasteiger partial charge in [-0.05, 0) is 18.2 Å². The van der Waals surface area contributed by atoms with Crippen molar-refractivity contribution in [1.82, 2.24) is 5.32 Å². The Morgan fingerprint density at radius 1 is 1.50 bits per heavy atom. The summed E-state index contributed by atoms with van der Waals surface area (Å²) in [6.07, 6.45) is 0.